The molecule has 7 heteroatoms. The van der Waals surface area contributed by atoms with E-state index < -0.39 is 12.7 Å². The summed E-state index contributed by atoms with van der Waals surface area (Å²) >= 11 is 0. The quantitative estimate of drug-likeness (QED) is 0.775. The molecule has 0 aromatic carbocycles. The van der Waals surface area contributed by atoms with Gasteiger partial charge in [-0.1, -0.05) is 0 Å². The van der Waals surface area contributed by atoms with Crippen molar-refractivity contribution >= 4 is 5.91 Å². The van der Waals surface area contributed by atoms with Crippen molar-refractivity contribution in [1.82, 2.24) is 15.5 Å². The molecule has 2 rings (SSSR count). The number of piperidine rings is 1. The minimum Gasteiger partial charge on any atom is -0.353 e. The summed E-state index contributed by atoms with van der Waals surface area (Å²) < 4.78 is 37.9. The van der Waals surface area contributed by atoms with Crippen molar-refractivity contribution in [2.24, 2.45) is 0 Å². The van der Waals surface area contributed by atoms with E-state index in [1.54, 1.807) is 0 Å². The third kappa shape index (κ3) is 5.66. The van der Waals surface area contributed by atoms with Crippen molar-refractivity contribution in [3.63, 3.8) is 0 Å². The maximum Gasteiger partial charge on any atom is 0.401 e. The van der Waals surface area contributed by atoms with Gasteiger partial charge in [-0.25, -0.2) is 0 Å². The van der Waals surface area contributed by atoms with Crippen molar-refractivity contribution in [3.05, 3.63) is 0 Å². The number of nitrogens with one attached hydrogen (secondary N) is 2. The second-order valence-corrected chi connectivity index (χ2v) is 5.66. The van der Waals surface area contributed by atoms with E-state index in [0.29, 0.717) is 12.8 Å². The Morgan fingerprint density at radius 3 is 2.40 bits per heavy atom. The van der Waals surface area contributed by atoms with Crippen LogP contribution in [0.2, 0.25) is 0 Å². The molecule has 116 valence electrons. The lowest BCUT2D eigenvalue weighted by molar-refractivity contribution is -0.153. The number of hydrogen-bond acceptors (Lipinski definition) is 3. The number of nitrogens with zero attached hydrogens (tertiary/aromatic N) is 1. The number of carbonyl (C=O) groups is 1. The fourth-order valence-corrected chi connectivity index (χ4v) is 2.57. The summed E-state index contributed by atoms with van der Waals surface area (Å²) in [5, 5.41) is 5.96. The Hall–Kier alpha value is -0.820. The van der Waals surface area contributed by atoms with E-state index in [-0.39, 0.29) is 31.0 Å². The smallest absolute Gasteiger partial charge is 0.353 e. The van der Waals surface area contributed by atoms with Gasteiger partial charge in [0.1, 0.15) is 0 Å². The summed E-state index contributed by atoms with van der Waals surface area (Å²) in [6.45, 7) is 0.748. The molecule has 20 heavy (non-hydrogen) atoms. The van der Waals surface area contributed by atoms with Crippen LogP contribution in [0.1, 0.15) is 32.1 Å². The maximum absolute atomic E-state index is 12.6. The molecule has 1 heterocycles. The predicted molar refractivity (Wildman–Crippen MR) is 69.3 cm³/mol. The second kappa shape index (κ2) is 6.76. The number of carbonyl (C=O) groups excluding carboxylic acids is 1. The van der Waals surface area contributed by atoms with E-state index in [1.807, 2.05) is 0 Å². The number of hydrogen-bond donors (Lipinski definition) is 2. The molecular weight excluding hydrogens is 271 g/mol. The van der Waals surface area contributed by atoms with Gasteiger partial charge >= 0.3 is 6.18 Å². The third-order valence-corrected chi connectivity index (χ3v) is 3.78. The fourth-order valence-electron chi connectivity index (χ4n) is 2.57. The Morgan fingerprint density at radius 2 is 1.85 bits per heavy atom. The molecule has 0 spiro atoms. The van der Waals surface area contributed by atoms with Crippen LogP contribution >= 0.6 is 0 Å². The highest BCUT2D eigenvalue weighted by molar-refractivity contribution is 5.76. The third-order valence-electron chi connectivity index (χ3n) is 3.78. The lowest BCUT2D eigenvalue weighted by atomic mass is 10.0. The Kier molecular flexibility index (Phi) is 5.26. The highest BCUT2D eigenvalue weighted by atomic mass is 19.4. The zero-order valence-corrected chi connectivity index (χ0v) is 11.5. The first-order chi connectivity index (χ1) is 9.44. The van der Waals surface area contributed by atoms with Crippen LogP contribution in [0.15, 0.2) is 0 Å². The zero-order valence-electron chi connectivity index (χ0n) is 11.5. The summed E-state index contributed by atoms with van der Waals surface area (Å²) in [6, 6.07) is 0.184. The van der Waals surface area contributed by atoms with Crippen molar-refractivity contribution in [1.29, 1.82) is 0 Å². The van der Waals surface area contributed by atoms with Gasteiger partial charge in [-0.3, -0.25) is 9.69 Å². The normalized spacial score (nSPS) is 21.2. The van der Waals surface area contributed by atoms with Crippen LogP contribution in [0.25, 0.3) is 0 Å². The zero-order chi connectivity index (χ0) is 14.6. The summed E-state index contributed by atoms with van der Waals surface area (Å²) in [4.78, 5) is 13.0. The molecule has 4 nitrogen and oxygen atoms in total. The summed E-state index contributed by atoms with van der Waals surface area (Å²) in [7, 11) is 0. The van der Waals surface area contributed by atoms with Gasteiger partial charge in [0.05, 0.1) is 6.54 Å². The van der Waals surface area contributed by atoms with Gasteiger partial charge < -0.3 is 10.6 Å². The van der Waals surface area contributed by atoms with E-state index in [2.05, 4.69) is 10.6 Å². The molecule has 0 atom stereocenters. The molecule has 1 saturated heterocycles. The molecule has 1 amide bonds. The van der Waals surface area contributed by atoms with E-state index in [1.165, 1.54) is 4.90 Å². The fraction of sp³-hybridized carbons (Fsp3) is 0.923. The lowest BCUT2D eigenvalue weighted by Crippen LogP contribution is -2.48. The number of halogens is 3. The summed E-state index contributed by atoms with van der Waals surface area (Å²) in [5.74, 6) is -0.131. The van der Waals surface area contributed by atoms with Gasteiger partial charge in [-0.15, -0.1) is 0 Å². The molecule has 1 saturated carbocycles. The van der Waals surface area contributed by atoms with Gasteiger partial charge in [-0.05, 0) is 38.8 Å². The minimum absolute atomic E-state index is 0.0772. The molecule has 0 unspecified atom stereocenters. The number of alkyl halides is 3. The van der Waals surface area contributed by atoms with Gasteiger partial charge in [-0.2, -0.15) is 13.2 Å². The SMILES string of the molecule is O=C(CCN(CC(F)(F)F)C1CCNCC1)NC1CC1. The monoisotopic (exact) mass is 293 g/mol. The first-order valence-electron chi connectivity index (χ1n) is 7.25. The van der Waals surface area contributed by atoms with Crippen LogP contribution in [0.4, 0.5) is 13.2 Å². The maximum atomic E-state index is 12.6. The molecule has 0 aromatic rings. The number of amides is 1. The lowest BCUT2D eigenvalue weighted by Gasteiger charge is -2.35. The molecule has 2 N–H and O–H groups in total. The Bertz CT molecular complexity index is 325. The molecular formula is C13H22F3N3O. The average molecular weight is 293 g/mol. The highest BCUT2D eigenvalue weighted by Crippen LogP contribution is 2.22. The van der Waals surface area contributed by atoms with Gasteiger partial charge in [0.25, 0.3) is 0 Å². The van der Waals surface area contributed by atoms with Crippen molar-refractivity contribution in [2.45, 2.75) is 50.4 Å². The van der Waals surface area contributed by atoms with E-state index in [4.69, 9.17) is 0 Å². The van der Waals surface area contributed by atoms with E-state index >= 15 is 0 Å². The predicted octanol–water partition coefficient (Wildman–Crippen LogP) is 1.27. The van der Waals surface area contributed by atoms with Crippen LogP contribution in [0, 0.1) is 0 Å². The molecule has 1 aliphatic heterocycles. The van der Waals surface area contributed by atoms with Crippen molar-refractivity contribution in [3.8, 4) is 0 Å². The first-order valence-corrected chi connectivity index (χ1v) is 7.25. The Morgan fingerprint density at radius 1 is 1.20 bits per heavy atom. The second-order valence-electron chi connectivity index (χ2n) is 5.66. The summed E-state index contributed by atoms with van der Waals surface area (Å²) in [5.41, 5.74) is 0. The standard InChI is InChI=1S/C13H22F3N3O/c14-13(15,16)9-19(11-3-6-17-7-4-11)8-5-12(20)18-10-1-2-10/h10-11,17H,1-9H2,(H,18,20). The average Bonchev–Trinajstić information content (AvgIpc) is 3.18. The van der Waals surface area contributed by atoms with Crippen LogP contribution in [-0.4, -0.2) is 55.2 Å². The van der Waals surface area contributed by atoms with Crippen molar-refractivity contribution < 1.29 is 18.0 Å². The van der Waals surface area contributed by atoms with Gasteiger partial charge in [0.2, 0.25) is 5.91 Å². The minimum atomic E-state index is -4.21. The molecule has 2 aliphatic rings. The van der Waals surface area contributed by atoms with Gasteiger partial charge in [0, 0.05) is 25.0 Å². The molecule has 0 aromatic heterocycles. The Balaban J connectivity index is 1.82. The molecule has 2 fully saturated rings. The van der Waals surface area contributed by atoms with Crippen LogP contribution in [0.5, 0.6) is 0 Å². The summed E-state index contributed by atoms with van der Waals surface area (Å²) in [6.07, 6.45) is -0.659. The molecule has 0 radical (unpaired) electrons. The van der Waals surface area contributed by atoms with E-state index in [0.717, 1.165) is 25.9 Å². The molecule has 0 bridgehead atoms. The van der Waals surface area contributed by atoms with Crippen LogP contribution < -0.4 is 10.6 Å². The van der Waals surface area contributed by atoms with Crippen molar-refractivity contribution in [2.75, 3.05) is 26.2 Å². The largest absolute Gasteiger partial charge is 0.401 e. The van der Waals surface area contributed by atoms with Crippen LogP contribution in [0.3, 0.4) is 0 Å². The van der Waals surface area contributed by atoms with E-state index in [9.17, 15) is 18.0 Å². The number of rotatable bonds is 6. The first kappa shape index (κ1) is 15.6. The van der Waals surface area contributed by atoms with Crippen LogP contribution in [-0.2, 0) is 4.79 Å². The van der Waals surface area contributed by atoms with Gasteiger partial charge in [0.15, 0.2) is 0 Å². The topological polar surface area (TPSA) is 44.4 Å². The molecule has 1 aliphatic carbocycles. The Labute approximate surface area is 117 Å². The highest BCUT2D eigenvalue weighted by Gasteiger charge is 2.34.